The summed E-state index contributed by atoms with van der Waals surface area (Å²) in [6.45, 7) is 0. The van der Waals surface area contributed by atoms with E-state index in [2.05, 4.69) is 0 Å². The quantitative estimate of drug-likeness (QED) is 0.715. The van der Waals surface area contributed by atoms with E-state index in [1.54, 1.807) is 18.2 Å². The van der Waals surface area contributed by atoms with Gasteiger partial charge < -0.3 is 5.73 Å². The van der Waals surface area contributed by atoms with E-state index in [9.17, 15) is 0 Å². The van der Waals surface area contributed by atoms with Crippen molar-refractivity contribution >= 4 is 0 Å². The Labute approximate surface area is 94.5 Å². The highest BCUT2D eigenvalue weighted by molar-refractivity contribution is 5.39. The lowest BCUT2D eigenvalue weighted by molar-refractivity contribution is 1.15. The van der Waals surface area contributed by atoms with Crippen LogP contribution in [0.3, 0.4) is 0 Å². The Balaban J connectivity index is 0.000000315. The Morgan fingerprint density at radius 2 is 1.25 bits per heavy atom. The largest absolute Gasteiger partial charge is 0.400 e. The molecule has 4 nitrogen and oxygen atoms in total. The van der Waals surface area contributed by atoms with Crippen molar-refractivity contribution in [3.63, 3.8) is 0 Å². The van der Waals surface area contributed by atoms with E-state index < -0.39 is 0 Å². The minimum Gasteiger partial charge on any atom is -0.400 e. The van der Waals surface area contributed by atoms with Crippen molar-refractivity contribution in [3.8, 4) is 18.2 Å². The van der Waals surface area contributed by atoms with Crippen molar-refractivity contribution < 1.29 is 0 Å². The summed E-state index contributed by atoms with van der Waals surface area (Å²) in [7, 11) is 0. The smallest absolute Gasteiger partial charge is 0.149 e. The summed E-state index contributed by atoms with van der Waals surface area (Å²) in [5.74, 6) is 0. The minimum absolute atomic E-state index is 0.0347. The van der Waals surface area contributed by atoms with Crippen molar-refractivity contribution in [1.29, 1.82) is 15.8 Å². The molecule has 0 amide bonds. The molecule has 0 saturated heterocycles. The second-order valence-corrected chi connectivity index (χ2v) is 2.61. The predicted molar refractivity (Wildman–Crippen MR) is 59.1 cm³/mol. The van der Waals surface area contributed by atoms with Gasteiger partial charge >= 0.3 is 0 Å². The van der Waals surface area contributed by atoms with Crippen LogP contribution in [0.1, 0.15) is 6.42 Å². The molecule has 0 bridgehead atoms. The predicted octanol–water partition coefficient (Wildman–Crippen LogP) is 1.85. The van der Waals surface area contributed by atoms with Crippen molar-refractivity contribution in [2.24, 2.45) is 5.73 Å². The third-order valence-electron chi connectivity index (χ3n) is 1.48. The molecule has 1 aromatic rings. The van der Waals surface area contributed by atoms with Crippen LogP contribution >= 0.6 is 0 Å². The Kier molecular flexibility index (Phi) is 7.29. The van der Waals surface area contributed by atoms with E-state index in [1.807, 2.05) is 36.4 Å². The number of nitriles is 3. The van der Waals surface area contributed by atoms with Crippen LogP contribution < -0.4 is 5.73 Å². The first-order valence-electron chi connectivity index (χ1n) is 4.42. The Bertz CT molecular complexity index is 412. The number of rotatable bonds is 1. The van der Waals surface area contributed by atoms with Crippen molar-refractivity contribution in [1.82, 2.24) is 0 Å². The van der Waals surface area contributed by atoms with Crippen LogP contribution in [-0.4, -0.2) is 0 Å². The highest BCUT2D eigenvalue weighted by Crippen LogP contribution is 1.98. The van der Waals surface area contributed by atoms with E-state index in [0.29, 0.717) is 0 Å². The van der Waals surface area contributed by atoms with E-state index in [-0.39, 0.29) is 17.7 Å². The number of nitrogens with zero attached hydrogens (tertiary/aromatic N) is 3. The van der Waals surface area contributed by atoms with Gasteiger partial charge in [-0.25, -0.2) is 0 Å². The monoisotopic (exact) mass is 210 g/mol. The maximum Gasteiger partial charge on any atom is 0.149 e. The average Bonchev–Trinajstić information content (AvgIpc) is 2.34. The number of allylic oxidation sites excluding steroid dienone is 2. The zero-order chi connectivity index (χ0) is 12.2. The molecule has 16 heavy (non-hydrogen) atoms. The fourth-order valence-electron chi connectivity index (χ4n) is 0.727. The number of nitrogens with two attached hydrogens (primary N) is 1. The van der Waals surface area contributed by atoms with Crippen molar-refractivity contribution in [2.45, 2.75) is 6.42 Å². The van der Waals surface area contributed by atoms with Crippen molar-refractivity contribution in [2.75, 3.05) is 0 Å². The van der Waals surface area contributed by atoms with Gasteiger partial charge in [0.15, 0.2) is 0 Å². The lowest BCUT2D eigenvalue weighted by atomic mass is 10.2. The topological polar surface area (TPSA) is 97.4 Å². The molecule has 0 spiro atoms. The third-order valence-corrected chi connectivity index (χ3v) is 1.48. The van der Waals surface area contributed by atoms with Gasteiger partial charge in [-0.3, -0.25) is 0 Å². The fraction of sp³-hybridized carbons (Fsp3) is 0.0833. The highest BCUT2D eigenvalue weighted by Gasteiger charge is 1.98. The van der Waals surface area contributed by atoms with Gasteiger partial charge in [0.2, 0.25) is 0 Å². The van der Waals surface area contributed by atoms with Crippen molar-refractivity contribution in [3.05, 3.63) is 47.7 Å². The molecule has 1 rings (SSSR count). The van der Waals surface area contributed by atoms with E-state index in [4.69, 9.17) is 21.5 Å². The highest BCUT2D eigenvalue weighted by atomic mass is 14.6. The Morgan fingerprint density at radius 1 is 0.875 bits per heavy atom. The van der Waals surface area contributed by atoms with Gasteiger partial charge in [0.25, 0.3) is 0 Å². The van der Waals surface area contributed by atoms with E-state index in [1.165, 1.54) is 0 Å². The summed E-state index contributed by atoms with van der Waals surface area (Å²) in [5.41, 5.74) is 5.02. The van der Waals surface area contributed by atoms with Crippen LogP contribution in [-0.2, 0) is 0 Å². The molecule has 0 atom stereocenters. The average molecular weight is 210 g/mol. The Morgan fingerprint density at radius 3 is 1.50 bits per heavy atom. The molecule has 0 heterocycles. The molecule has 0 saturated carbocycles. The molecule has 0 aliphatic heterocycles. The fourth-order valence-corrected chi connectivity index (χ4v) is 0.727. The summed E-state index contributed by atoms with van der Waals surface area (Å²) < 4.78 is 0. The van der Waals surface area contributed by atoms with Gasteiger partial charge in [-0.2, -0.15) is 15.8 Å². The van der Waals surface area contributed by atoms with Crippen LogP contribution in [0.2, 0.25) is 0 Å². The summed E-state index contributed by atoms with van der Waals surface area (Å²) in [5, 5.41) is 24.5. The number of benzene rings is 1. The van der Waals surface area contributed by atoms with Gasteiger partial charge in [0, 0.05) is 0 Å². The van der Waals surface area contributed by atoms with Gasteiger partial charge in [-0.05, 0) is 0 Å². The molecule has 4 heteroatoms. The molecule has 78 valence electrons. The first-order chi connectivity index (χ1) is 7.76. The maximum atomic E-state index is 8.20. The normalized spacial score (nSPS) is 7.06. The van der Waals surface area contributed by atoms with Gasteiger partial charge in [0.1, 0.15) is 17.7 Å². The van der Waals surface area contributed by atoms with Gasteiger partial charge in [-0.1, -0.05) is 36.4 Å². The second-order valence-electron chi connectivity index (χ2n) is 2.61. The van der Waals surface area contributed by atoms with Gasteiger partial charge in [0.05, 0.1) is 18.2 Å². The van der Waals surface area contributed by atoms with Crippen LogP contribution in [0.15, 0.2) is 47.7 Å². The lowest BCUT2D eigenvalue weighted by Gasteiger charge is -1.88. The molecule has 0 unspecified atom stereocenters. The van der Waals surface area contributed by atoms with Gasteiger partial charge in [-0.15, -0.1) is 0 Å². The zero-order valence-corrected chi connectivity index (χ0v) is 8.59. The van der Waals surface area contributed by atoms with E-state index >= 15 is 0 Å². The number of hydrogen-bond acceptors (Lipinski definition) is 4. The molecule has 0 aliphatic carbocycles. The second kappa shape index (κ2) is 8.81. The Hall–Kier alpha value is -2.77. The summed E-state index contributed by atoms with van der Waals surface area (Å²) in [4.78, 5) is 0. The molecule has 0 aromatic heterocycles. The van der Waals surface area contributed by atoms with E-state index in [0.717, 1.165) is 0 Å². The molecule has 0 aliphatic rings. The molecule has 2 N–H and O–H groups in total. The standard InChI is InChI=1S/C6H4N4.C6H6/c7-2-1-6(10)5(3-8)4-9;1-2-4-6-5-3-1/h1,10H2;1-6H. The maximum absolute atomic E-state index is 8.20. The SMILES string of the molecule is N#CCC(N)=C(C#N)C#N.c1ccccc1. The summed E-state index contributed by atoms with van der Waals surface area (Å²) in [6.07, 6.45) is -0.0730. The zero-order valence-electron chi connectivity index (χ0n) is 8.59. The molecule has 1 aromatic carbocycles. The van der Waals surface area contributed by atoms with Crippen LogP contribution in [0, 0.1) is 34.0 Å². The lowest BCUT2D eigenvalue weighted by Crippen LogP contribution is -1.99. The van der Waals surface area contributed by atoms with Crippen LogP contribution in [0.4, 0.5) is 0 Å². The third kappa shape index (κ3) is 5.80. The molecular weight excluding hydrogens is 200 g/mol. The molecule has 0 radical (unpaired) electrons. The molecular formula is C12H10N4. The number of hydrogen-bond donors (Lipinski definition) is 1. The van der Waals surface area contributed by atoms with Crippen LogP contribution in [0.25, 0.3) is 0 Å². The summed E-state index contributed by atoms with van der Waals surface area (Å²) >= 11 is 0. The molecule has 0 fully saturated rings. The first kappa shape index (κ1) is 13.2. The van der Waals surface area contributed by atoms with Crippen LogP contribution in [0.5, 0.6) is 0 Å². The minimum atomic E-state index is -0.179. The first-order valence-corrected chi connectivity index (χ1v) is 4.42. The summed E-state index contributed by atoms with van der Waals surface area (Å²) in [6, 6.07) is 16.9.